The Labute approximate surface area is 126 Å². The van der Waals surface area contributed by atoms with Gasteiger partial charge in [0, 0.05) is 13.0 Å². The summed E-state index contributed by atoms with van der Waals surface area (Å²) < 4.78 is 5.83. The number of rotatable bonds is 6. The summed E-state index contributed by atoms with van der Waals surface area (Å²) in [6.07, 6.45) is 0.849. The van der Waals surface area contributed by atoms with Crippen molar-refractivity contribution in [3.63, 3.8) is 0 Å². The third-order valence-corrected chi connectivity index (χ3v) is 3.61. The molecule has 0 spiro atoms. The van der Waals surface area contributed by atoms with E-state index in [0.29, 0.717) is 31.1 Å². The first-order chi connectivity index (χ1) is 10.2. The molecule has 0 bridgehead atoms. The van der Waals surface area contributed by atoms with Crippen LogP contribution in [0.4, 0.5) is 9.93 Å². The molecule has 0 aliphatic heterocycles. The normalized spacial score (nSPS) is 10.3. The van der Waals surface area contributed by atoms with Gasteiger partial charge >= 0.3 is 12.0 Å². The van der Waals surface area contributed by atoms with Gasteiger partial charge in [-0.15, -0.1) is 0 Å². The smallest absolute Gasteiger partial charge is 0.321 e. The molecule has 112 valence electrons. The van der Waals surface area contributed by atoms with Crippen LogP contribution in [0.3, 0.4) is 0 Å². The van der Waals surface area contributed by atoms with Crippen molar-refractivity contribution in [2.75, 3.05) is 18.5 Å². The number of esters is 1. The van der Waals surface area contributed by atoms with E-state index in [0.717, 1.165) is 10.2 Å². The second-order valence-corrected chi connectivity index (χ2v) is 5.31. The van der Waals surface area contributed by atoms with E-state index in [2.05, 4.69) is 15.6 Å². The third kappa shape index (κ3) is 4.71. The molecule has 0 fully saturated rings. The van der Waals surface area contributed by atoms with Crippen LogP contribution in [0.25, 0.3) is 10.2 Å². The van der Waals surface area contributed by atoms with Gasteiger partial charge < -0.3 is 10.1 Å². The lowest BCUT2D eigenvalue weighted by Crippen LogP contribution is -2.29. The van der Waals surface area contributed by atoms with Crippen LogP contribution in [0.2, 0.25) is 0 Å². The molecule has 6 nitrogen and oxygen atoms in total. The lowest BCUT2D eigenvalue weighted by atomic mass is 10.3. The summed E-state index contributed by atoms with van der Waals surface area (Å²) in [6, 6.07) is 7.36. The second-order valence-electron chi connectivity index (χ2n) is 4.28. The van der Waals surface area contributed by atoms with Gasteiger partial charge in [-0.1, -0.05) is 23.5 Å². The third-order valence-electron chi connectivity index (χ3n) is 2.66. The fourth-order valence-electron chi connectivity index (χ4n) is 1.73. The molecule has 2 N–H and O–H groups in total. The molecule has 2 aromatic rings. The summed E-state index contributed by atoms with van der Waals surface area (Å²) in [5.74, 6) is -0.245. The first-order valence-electron chi connectivity index (χ1n) is 6.75. The molecule has 0 saturated heterocycles. The van der Waals surface area contributed by atoms with Gasteiger partial charge in [0.1, 0.15) is 0 Å². The van der Waals surface area contributed by atoms with Gasteiger partial charge in [-0.3, -0.25) is 10.1 Å². The minimum atomic E-state index is -0.321. The van der Waals surface area contributed by atoms with Crippen molar-refractivity contribution in [2.45, 2.75) is 19.8 Å². The fraction of sp³-hybridized carbons (Fsp3) is 0.357. The average Bonchev–Trinajstić information content (AvgIpc) is 2.86. The maximum Gasteiger partial charge on any atom is 0.321 e. The SMILES string of the molecule is CCOC(=O)CCCNC(=O)Nc1nc2ccccc2s1. The lowest BCUT2D eigenvalue weighted by molar-refractivity contribution is -0.143. The van der Waals surface area contributed by atoms with E-state index < -0.39 is 0 Å². The zero-order valence-electron chi connectivity index (χ0n) is 11.7. The number of urea groups is 1. The van der Waals surface area contributed by atoms with E-state index >= 15 is 0 Å². The number of nitrogens with one attached hydrogen (secondary N) is 2. The van der Waals surface area contributed by atoms with E-state index in [1.165, 1.54) is 11.3 Å². The maximum absolute atomic E-state index is 11.7. The number of thiazole rings is 1. The second kappa shape index (κ2) is 7.58. The highest BCUT2D eigenvalue weighted by Crippen LogP contribution is 2.25. The highest BCUT2D eigenvalue weighted by molar-refractivity contribution is 7.22. The molecule has 0 unspecified atom stereocenters. The van der Waals surface area contributed by atoms with E-state index in [9.17, 15) is 9.59 Å². The van der Waals surface area contributed by atoms with Gasteiger partial charge in [0.15, 0.2) is 5.13 Å². The van der Waals surface area contributed by atoms with Crippen molar-refractivity contribution < 1.29 is 14.3 Å². The first-order valence-corrected chi connectivity index (χ1v) is 7.56. The van der Waals surface area contributed by atoms with Crippen molar-refractivity contribution in [1.29, 1.82) is 0 Å². The highest BCUT2D eigenvalue weighted by atomic mass is 32.1. The number of nitrogens with zero attached hydrogens (tertiary/aromatic N) is 1. The average molecular weight is 307 g/mol. The lowest BCUT2D eigenvalue weighted by Gasteiger charge is -2.05. The van der Waals surface area contributed by atoms with Crippen molar-refractivity contribution in [3.05, 3.63) is 24.3 Å². The number of para-hydroxylation sites is 1. The molecule has 0 radical (unpaired) electrons. The predicted octanol–water partition coefficient (Wildman–Crippen LogP) is 2.76. The zero-order valence-corrected chi connectivity index (χ0v) is 12.5. The zero-order chi connectivity index (χ0) is 15.1. The Bertz CT molecular complexity index is 594. The van der Waals surface area contributed by atoms with Gasteiger partial charge in [-0.25, -0.2) is 9.78 Å². The number of hydrogen-bond acceptors (Lipinski definition) is 5. The predicted molar refractivity (Wildman–Crippen MR) is 82.5 cm³/mol. The van der Waals surface area contributed by atoms with Crippen molar-refractivity contribution in [1.82, 2.24) is 10.3 Å². The largest absolute Gasteiger partial charge is 0.466 e. The number of ether oxygens (including phenoxy) is 1. The molecule has 7 heteroatoms. The topological polar surface area (TPSA) is 80.3 Å². The number of benzene rings is 1. The molecular formula is C14H17N3O3S. The minimum absolute atomic E-state index is 0.245. The van der Waals surface area contributed by atoms with Crippen molar-refractivity contribution in [3.8, 4) is 0 Å². The Morgan fingerprint density at radius 2 is 2.14 bits per heavy atom. The summed E-state index contributed by atoms with van der Waals surface area (Å²) >= 11 is 1.42. The van der Waals surface area contributed by atoms with Crippen LogP contribution in [0.15, 0.2) is 24.3 Å². The Morgan fingerprint density at radius 1 is 1.33 bits per heavy atom. The van der Waals surface area contributed by atoms with Crippen LogP contribution in [-0.2, 0) is 9.53 Å². The molecule has 1 heterocycles. The number of aromatic nitrogens is 1. The Hall–Kier alpha value is -2.15. The summed E-state index contributed by atoms with van der Waals surface area (Å²) in [5.41, 5.74) is 0.861. The van der Waals surface area contributed by atoms with Gasteiger partial charge in [-0.2, -0.15) is 0 Å². The molecule has 0 aliphatic carbocycles. The molecule has 1 aromatic heterocycles. The fourth-order valence-corrected chi connectivity index (χ4v) is 2.60. The van der Waals surface area contributed by atoms with Crippen LogP contribution in [0.1, 0.15) is 19.8 Å². The number of carbonyl (C=O) groups excluding carboxylic acids is 2. The van der Waals surface area contributed by atoms with E-state index in [1.807, 2.05) is 24.3 Å². The molecule has 2 amide bonds. The quantitative estimate of drug-likeness (QED) is 0.635. The Kier molecular flexibility index (Phi) is 5.51. The Balaban J connectivity index is 1.73. The maximum atomic E-state index is 11.7. The number of hydrogen-bond donors (Lipinski definition) is 2. The van der Waals surface area contributed by atoms with Crippen LogP contribution in [0.5, 0.6) is 0 Å². The first kappa shape index (κ1) is 15.2. The molecule has 0 saturated carbocycles. The molecule has 0 atom stereocenters. The Morgan fingerprint density at radius 3 is 2.90 bits per heavy atom. The highest BCUT2D eigenvalue weighted by Gasteiger charge is 2.07. The van der Waals surface area contributed by atoms with E-state index in [-0.39, 0.29) is 12.0 Å². The summed E-state index contributed by atoms with van der Waals surface area (Å²) in [7, 11) is 0. The summed E-state index contributed by atoms with van der Waals surface area (Å²) in [6.45, 7) is 2.56. The molecule has 2 rings (SSSR count). The van der Waals surface area contributed by atoms with Crippen molar-refractivity contribution >= 4 is 38.7 Å². The van der Waals surface area contributed by atoms with E-state index in [1.54, 1.807) is 6.92 Å². The number of fused-ring (bicyclic) bond motifs is 1. The van der Waals surface area contributed by atoms with Crippen LogP contribution < -0.4 is 10.6 Å². The number of anilines is 1. The molecular weight excluding hydrogens is 290 g/mol. The van der Waals surface area contributed by atoms with E-state index in [4.69, 9.17) is 4.74 Å². The van der Waals surface area contributed by atoms with Crippen molar-refractivity contribution in [2.24, 2.45) is 0 Å². The van der Waals surface area contributed by atoms with Crippen LogP contribution in [-0.4, -0.2) is 30.1 Å². The molecule has 1 aromatic carbocycles. The van der Waals surface area contributed by atoms with Gasteiger partial charge in [0.25, 0.3) is 0 Å². The minimum Gasteiger partial charge on any atom is -0.466 e. The van der Waals surface area contributed by atoms with Gasteiger partial charge in [0.05, 0.1) is 16.8 Å². The van der Waals surface area contributed by atoms with Crippen LogP contribution in [0, 0.1) is 0 Å². The molecule has 0 aliphatic rings. The summed E-state index contributed by atoms with van der Waals surface area (Å²) in [4.78, 5) is 27.1. The van der Waals surface area contributed by atoms with Crippen LogP contribution >= 0.6 is 11.3 Å². The molecule has 21 heavy (non-hydrogen) atoms. The van der Waals surface area contributed by atoms with Gasteiger partial charge in [0.2, 0.25) is 0 Å². The number of carbonyl (C=O) groups is 2. The standard InChI is InChI=1S/C14H17N3O3S/c1-2-20-12(18)8-5-9-15-13(19)17-14-16-10-6-3-4-7-11(10)21-14/h3-4,6-7H,2,5,8-9H2,1H3,(H2,15,16,17,19). The summed E-state index contributed by atoms with van der Waals surface area (Å²) in [5, 5.41) is 5.92. The monoisotopic (exact) mass is 307 g/mol. The van der Waals surface area contributed by atoms with Gasteiger partial charge in [-0.05, 0) is 25.5 Å². The number of amides is 2.